The van der Waals surface area contributed by atoms with Crippen LogP contribution in [-0.2, 0) is 17.1 Å². The minimum absolute atomic E-state index is 0.333. The largest absolute Gasteiger partial charge is 0.227 e. The van der Waals surface area contributed by atoms with Crippen molar-refractivity contribution in [1.29, 1.82) is 0 Å². The molecule has 0 aliphatic rings. The molecule has 0 spiro atoms. The van der Waals surface area contributed by atoms with E-state index in [1.807, 2.05) is 6.92 Å². The van der Waals surface area contributed by atoms with E-state index >= 15 is 0 Å². The van der Waals surface area contributed by atoms with Crippen molar-refractivity contribution in [3.8, 4) is 0 Å². The molecule has 0 amide bonds. The van der Waals surface area contributed by atoms with E-state index in [0.717, 1.165) is 0 Å². The van der Waals surface area contributed by atoms with Gasteiger partial charge >= 0.3 is 0 Å². The summed E-state index contributed by atoms with van der Waals surface area (Å²) < 4.78 is 21.4. The lowest BCUT2D eigenvalue weighted by Gasteiger charge is -2.02. The number of hydrogen-bond donors (Lipinski definition) is 1. The van der Waals surface area contributed by atoms with Crippen molar-refractivity contribution in [1.82, 2.24) is 0 Å². The molecule has 0 aromatic heterocycles. The van der Waals surface area contributed by atoms with E-state index in [4.69, 9.17) is 11.6 Å². The molecule has 0 N–H and O–H groups in total. The monoisotopic (exact) mass is 204 g/mol. The van der Waals surface area contributed by atoms with E-state index < -0.39 is 10.7 Å². The first-order chi connectivity index (χ1) is 5.66. The Morgan fingerprint density at radius 2 is 2.08 bits per heavy atom. The molecule has 0 atom stereocenters. The Morgan fingerprint density at radius 1 is 1.42 bits per heavy atom. The number of benzene rings is 1. The fraction of sp³-hybridized carbons (Fsp3) is 0.250. The number of thiol groups is 1. The van der Waals surface area contributed by atoms with Crippen LogP contribution in [0.15, 0.2) is 23.1 Å². The predicted octanol–water partition coefficient (Wildman–Crippen LogP) is 1.87. The summed E-state index contributed by atoms with van der Waals surface area (Å²) in [5, 5.41) is 0.522. The lowest BCUT2D eigenvalue weighted by Crippen LogP contribution is -1.90. The van der Waals surface area contributed by atoms with E-state index in [9.17, 15) is 8.42 Å². The summed E-state index contributed by atoms with van der Waals surface area (Å²) in [5.41, 5.74) is 0.704. The first-order valence-electron chi connectivity index (χ1n) is 3.58. The second kappa shape index (κ2) is 3.92. The molecule has 0 aliphatic heterocycles. The second-order valence-electron chi connectivity index (χ2n) is 2.35. The Hall–Kier alpha value is -0.540. The quantitative estimate of drug-likeness (QED) is 0.747. The lowest BCUT2D eigenvalue weighted by atomic mass is 10.2. The average molecular weight is 205 g/mol. The summed E-state index contributed by atoms with van der Waals surface area (Å²) >= 11 is 5.81. The second-order valence-corrected chi connectivity index (χ2v) is 3.75. The van der Waals surface area contributed by atoms with Crippen LogP contribution in [0.25, 0.3) is 0 Å². The Kier molecular flexibility index (Phi) is 3.12. The summed E-state index contributed by atoms with van der Waals surface area (Å²) in [5.74, 6) is 0. The molecule has 0 saturated carbocycles. The highest BCUT2D eigenvalue weighted by molar-refractivity contribution is 7.72. The van der Waals surface area contributed by atoms with Crippen LogP contribution in [0.5, 0.6) is 0 Å². The van der Waals surface area contributed by atoms with Crippen LogP contribution in [0.2, 0.25) is 5.02 Å². The highest BCUT2D eigenvalue weighted by Gasteiger charge is 2.05. The van der Waals surface area contributed by atoms with E-state index in [0.29, 0.717) is 21.9 Å². The average Bonchev–Trinajstić information content (AvgIpc) is 2.03. The zero-order valence-electron chi connectivity index (χ0n) is 6.58. The van der Waals surface area contributed by atoms with E-state index in [2.05, 4.69) is 0 Å². The maximum absolute atomic E-state index is 10.7. The summed E-state index contributed by atoms with van der Waals surface area (Å²) in [6.45, 7) is 1.88. The van der Waals surface area contributed by atoms with Crippen molar-refractivity contribution in [2.75, 3.05) is 0 Å². The molecule has 1 rings (SSSR count). The van der Waals surface area contributed by atoms with Gasteiger partial charge in [0.05, 0.1) is 4.90 Å². The van der Waals surface area contributed by atoms with Gasteiger partial charge in [0.15, 0.2) is 10.7 Å². The van der Waals surface area contributed by atoms with Gasteiger partial charge in [-0.3, -0.25) is 0 Å². The molecule has 4 heteroatoms. The van der Waals surface area contributed by atoms with Gasteiger partial charge in [0, 0.05) is 5.02 Å². The van der Waals surface area contributed by atoms with Gasteiger partial charge in [-0.1, -0.05) is 24.6 Å². The van der Waals surface area contributed by atoms with Crippen molar-refractivity contribution >= 4 is 22.3 Å². The van der Waals surface area contributed by atoms with Gasteiger partial charge in [0.2, 0.25) is 0 Å². The van der Waals surface area contributed by atoms with Gasteiger partial charge in [-0.05, 0) is 24.1 Å². The van der Waals surface area contributed by atoms with Gasteiger partial charge < -0.3 is 0 Å². The molecule has 1 aromatic rings. The standard InChI is InChI=1S/C8H9ClO2S/c1-2-6-7(9)4-3-5-8(6)12(10)11/h3-5,12H,2H2,1H3. The number of hydrogen-bond acceptors (Lipinski definition) is 2. The molecular weight excluding hydrogens is 196 g/mol. The van der Waals surface area contributed by atoms with Gasteiger partial charge in [-0.15, -0.1) is 0 Å². The Morgan fingerprint density at radius 3 is 2.50 bits per heavy atom. The van der Waals surface area contributed by atoms with Crippen LogP contribution in [-0.4, -0.2) is 8.42 Å². The predicted molar refractivity (Wildman–Crippen MR) is 49.4 cm³/mol. The van der Waals surface area contributed by atoms with Crippen molar-refractivity contribution in [2.24, 2.45) is 0 Å². The van der Waals surface area contributed by atoms with Gasteiger partial charge in [0.1, 0.15) is 0 Å². The third-order valence-corrected chi connectivity index (χ3v) is 2.81. The molecule has 0 fully saturated rings. The molecule has 1 aromatic carbocycles. The Balaban J connectivity index is 3.37. The summed E-state index contributed by atoms with van der Waals surface area (Å²) in [7, 11) is -2.52. The zero-order chi connectivity index (χ0) is 9.14. The molecule has 0 unspecified atom stereocenters. The maximum atomic E-state index is 10.7. The van der Waals surface area contributed by atoms with Crippen LogP contribution >= 0.6 is 11.6 Å². The van der Waals surface area contributed by atoms with E-state index in [1.165, 1.54) is 0 Å². The van der Waals surface area contributed by atoms with Crippen molar-refractivity contribution < 1.29 is 8.42 Å². The van der Waals surface area contributed by atoms with Crippen LogP contribution in [0.1, 0.15) is 12.5 Å². The van der Waals surface area contributed by atoms with Crippen molar-refractivity contribution in [3.63, 3.8) is 0 Å². The van der Waals surface area contributed by atoms with Crippen LogP contribution < -0.4 is 0 Å². The fourth-order valence-electron chi connectivity index (χ4n) is 1.07. The molecule has 66 valence electrons. The van der Waals surface area contributed by atoms with Crippen LogP contribution in [0.4, 0.5) is 0 Å². The molecule has 0 saturated heterocycles. The highest BCUT2D eigenvalue weighted by atomic mass is 35.5. The summed E-state index contributed by atoms with van der Waals surface area (Å²) in [6, 6.07) is 4.90. The van der Waals surface area contributed by atoms with Gasteiger partial charge in [0.25, 0.3) is 0 Å². The van der Waals surface area contributed by atoms with Gasteiger partial charge in [-0.25, -0.2) is 8.42 Å². The molecule has 2 nitrogen and oxygen atoms in total. The van der Waals surface area contributed by atoms with Crippen molar-refractivity contribution in [2.45, 2.75) is 18.2 Å². The normalized spacial score (nSPS) is 10.6. The minimum atomic E-state index is -2.52. The SMILES string of the molecule is CCc1c(Cl)cccc1[SH](=O)=O. The van der Waals surface area contributed by atoms with Gasteiger partial charge in [-0.2, -0.15) is 0 Å². The molecule has 0 aliphatic carbocycles. The first-order valence-corrected chi connectivity index (χ1v) is 5.14. The molecule has 0 heterocycles. The van der Waals surface area contributed by atoms with E-state index in [1.54, 1.807) is 18.2 Å². The highest BCUT2D eigenvalue weighted by Crippen LogP contribution is 2.21. The Bertz CT molecular complexity index is 350. The smallest absolute Gasteiger partial charge is 0.168 e. The zero-order valence-corrected chi connectivity index (χ0v) is 8.23. The minimum Gasteiger partial charge on any atom is -0.227 e. The summed E-state index contributed by atoms with van der Waals surface area (Å²) in [6.07, 6.45) is 0.637. The summed E-state index contributed by atoms with van der Waals surface area (Å²) in [4.78, 5) is 0.333. The van der Waals surface area contributed by atoms with Crippen molar-refractivity contribution in [3.05, 3.63) is 28.8 Å². The number of halogens is 1. The third-order valence-electron chi connectivity index (χ3n) is 1.64. The van der Waals surface area contributed by atoms with E-state index in [-0.39, 0.29) is 0 Å². The van der Waals surface area contributed by atoms with Crippen LogP contribution in [0.3, 0.4) is 0 Å². The molecule has 0 bridgehead atoms. The maximum Gasteiger partial charge on any atom is 0.168 e. The fourth-order valence-corrected chi connectivity index (χ4v) is 2.15. The Labute approximate surface area is 78.1 Å². The number of rotatable bonds is 2. The molecule has 12 heavy (non-hydrogen) atoms. The lowest BCUT2D eigenvalue weighted by molar-refractivity contribution is 0.613. The first kappa shape index (κ1) is 9.55. The topological polar surface area (TPSA) is 34.1 Å². The molecular formula is C8H9ClO2S. The third kappa shape index (κ3) is 1.79. The van der Waals surface area contributed by atoms with Crippen LogP contribution in [0, 0.1) is 0 Å². The molecule has 0 radical (unpaired) electrons.